The quantitative estimate of drug-likeness (QED) is 0.842. The number of methoxy groups -OCH3 is 2. The highest BCUT2D eigenvalue weighted by Gasteiger charge is 2.45. The van der Waals surface area contributed by atoms with Crippen LogP contribution in [-0.4, -0.2) is 31.1 Å². The SMILES string of the molecule is COC(=O)c1sc(NC(=O)[C@@H]2C[C@@H]2c2ccccc2OC)nc1C. The molecule has 0 radical (unpaired) electrons. The van der Waals surface area contributed by atoms with Crippen molar-refractivity contribution in [2.45, 2.75) is 19.3 Å². The van der Waals surface area contributed by atoms with Gasteiger partial charge in [0, 0.05) is 5.92 Å². The Balaban J connectivity index is 1.68. The fourth-order valence-electron chi connectivity index (χ4n) is 2.73. The zero-order chi connectivity index (χ0) is 17.3. The topological polar surface area (TPSA) is 77.5 Å². The highest BCUT2D eigenvalue weighted by Crippen LogP contribution is 2.50. The summed E-state index contributed by atoms with van der Waals surface area (Å²) in [6, 6.07) is 7.74. The summed E-state index contributed by atoms with van der Waals surface area (Å²) in [5, 5.41) is 3.22. The Morgan fingerprint density at radius 3 is 2.75 bits per heavy atom. The number of anilines is 1. The molecule has 0 bridgehead atoms. The van der Waals surface area contributed by atoms with Gasteiger partial charge in [-0.25, -0.2) is 9.78 Å². The summed E-state index contributed by atoms with van der Waals surface area (Å²) >= 11 is 1.13. The third kappa shape index (κ3) is 3.12. The van der Waals surface area contributed by atoms with Crippen molar-refractivity contribution in [2.75, 3.05) is 19.5 Å². The summed E-state index contributed by atoms with van der Waals surface area (Å²) in [5.74, 6) is 0.324. The van der Waals surface area contributed by atoms with E-state index in [1.54, 1.807) is 14.0 Å². The molecule has 24 heavy (non-hydrogen) atoms. The Kier molecular flexibility index (Phi) is 4.53. The molecule has 126 valence electrons. The average molecular weight is 346 g/mol. The van der Waals surface area contributed by atoms with Gasteiger partial charge in [0.15, 0.2) is 5.13 Å². The van der Waals surface area contributed by atoms with Crippen LogP contribution in [0, 0.1) is 12.8 Å². The predicted octanol–water partition coefficient (Wildman–Crippen LogP) is 2.99. The van der Waals surface area contributed by atoms with Gasteiger partial charge in [-0.3, -0.25) is 4.79 Å². The van der Waals surface area contributed by atoms with E-state index in [1.165, 1.54) is 7.11 Å². The van der Waals surface area contributed by atoms with E-state index in [2.05, 4.69) is 10.3 Å². The molecule has 3 rings (SSSR count). The normalized spacial score (nSPS) is 18.8. The standard InChI is InChI=1S/C17H18N2O4S/c1-9-14(16(21)23-3)24-17(18-9)19-15(20)12-8-11(12)10-6-4-5-7-13(10)22-2/h4-7,11-12H,8H2,1-3H3,(H,18,19,20)/t11-,12-/m1/s1. The summed E-state index contributed by atoms with van der Waals surface area (Å²) in [4.78, 5) is 28.7. The maximum absolute atomic E-state index is 12.4. The van der Waals surface area contributed by atoms with Gasteiger partial charge >= 0.3 is 5.97 Å². The Morgan fingerprint density at radius 1 is 1.29 bits per heavy atom. The van der Waals surface area contributed by atoms with Gasteiger partial charge in [-0.05, 0) is 30.9 Å². The van der Waals surface area contributed by atoms with Crippen LogP contribution in [0.4, 0.5) is 5.13 Å². The number of para-hydroxylation sites is 1. The van der Waals surface area contributed by atoms with Crippen molar-refractivity contribution in [3.8, 4) is 5.75 Å². The van der Waals surface area contributed by atoms with Gasteiger partial charge in [0.1, 0.15) is 10.6 Å². The molecule has 1 aromatic heterocycles. The molecule has 1 aliphatic rings. The highest BCUT2D eigenvalue weighted by molar-refractivity contribution is 7.17. The van der Waals surface area contributed by atoms with Gasteiger partial charge in [0.25, 0.3) is 0 Å². The van der Waals surface area contributed by atoms with E-state index in [0.29, 0.717) is 15.7 Å². The molecular formula is C17H18N2O4S. The van der Waals surface area contributed by atoms with E-state index < -0.39 is 5.97 Å². The van der Waals surface area contributed by atoms with Crippen LogP contribution >= 0.6 is 11.3 Å². The zero-order valence-electron chi connectivity index (χ0n) is 13.7. The lowest BCUT2D eigenvalue weighted by atomic mass is 10.1. The Bertz CT molecular complexity index is 787. The molecule has 1 saturated carbocycles. The van der Waals surface area contributed by atoms with Crippen LogP contribution in [0.5, 0.6) is 5.75 Å². The largest absolute Gasteiger partial charge is 0.496 e. The number of hydrogen-bond donors (Lipinski definition) is 1. The molecule has 2 aromatic rings. The summed E-state index contributed by atoms with van der Waals surface area (Å²) in [6.07, 6.45) is 0.778. The van der Waals surface area contributed by atoms with Crippen LogP contribution in [0.15, 0.2) is 24.3 Å². The van der Waals surface area contributed by atoms with Gasteiger partial charge < -0.3 is 14.8 Å². The molecule has 1 aromatic carbocycles. The number of amides is 1. The number of nitrogens with one attached hydrogen (secondary N) is 1. The monoisotopic (exact) mass is 346 g/mol. The van der Waals surface area contributed by atoms with Crippen molar-refractivity contribution in [2.24, 2.45) is 5.92 Å². The van der Waals surface area contributed by atoms with Crippen molar-refractivity contribution >= 4 is 28.3 Å². The van der Waals surface area contributed by atoms with Crippen molar-refractivity contribution in [3.63, 3.8) is 0 Å². The third-order valence-corrected chi connectivity index (χ3v) is 5.12. The second kappa shape index (κ2) is 6.60. The first kappa shape index (κ1) is 16.4. The van der Waals surface area contributed by atoms with Gasteiger partial charge in [-0.1, -0.05) is 29.5 Å². The number of benzene rings is 1. The minimum Gasteiger partial charge on any atom is -0.496 e. The van der Waals surface area contributed by atoms with Crippen LogP contribution in [0.2, 0.25) is 0 Å². The smallest absolute Gasteiger partial charge is 0.350 e. The Morgan fingerprint density at radius 2 is 2.04 bits per heavy atom. The molecule has 6 nitrogen and oxygen atoms in total. The summed E-state index contributed by atoms with van der Waals surface area (Å²) < 4.78 is 10.1. The summed E-state index contributed by atoms with van der Waals surface area (Å²) in [5.41, 5.74) is 1.60. The number of ether oxygens (including phenoxy) is 2. The number of aromatic nitrogens is 1. The average Bonchev–Trinajstić information content (AvgIpc) is 3.31. The summed E-state index contributed by atoms with van der Waals surface area (Å²) in [6.45, 7) is 1.72. The predicted molar refractivity (Wildman–Crippen MR) is 90.7 cm³/mol. The first-order chi connectivity index (χ1) is 11.5. The summed E-state index contributed by atoms with van der Waals surface area (Å²) in [7, 11) is 2.95. The molecule has 0 aliphatic heterocycles. The molecule has 1 N–H and O–H groups in total. The van der Waals surface area contributed by atoms with Crippen LogP contribution in [0.1, 0.15) is 33.3 Å². The van der Waals surface area contributed by atoms with E-state index >= 15 is 0 Å². The third-order valence-electron chi connectivity index (χ3n) is 4.06. The number of esters is 1. The number of rotatable bonds is 5. The lowest BCUT2D eigenvalue weighted by Gasteiger charge is -2.07. The molecule has 0 saturated heterocycles. The number of hydrogen-bond acceptors (Lipinski definition) is 6. The minimum absolute atomic E-state index is 0.0870. The molecule has 1 aliphatic carbocycles. The van der Waals surface area contributed by atoms with Gasteiger partial charge in [-0.15, -0.1) is 0 Å². The van der Waals surface area contributed by atoms with E-state index in [-0.39, 0.29) is 17.7 Å². The molecule has 1 amide bonds. The molecule has 2 atom stereocenters. The van der Waals surface area contributed by atoms with Crippen molar-refractivity contribution in [1.82, 2.24) is 4.98 Å². The van der Waals surface area contributed by atoms with E-state index in [1.807, 2.05) is 24.3 Å². The van der Waals surface area contributed by atoms with Gasteiger partial charge in [0.05, 0.1) is 19.9 Å². The number of nitrogens with zero attached hydrogens (tertiary/aromatic N) is 1. The first-order valence-corrected chi connectivity index (χ1v) is 8.36. The number of thiazole rings is 1. The van der Waals surface area contributed by atoms with Crippen LogP contribution in [0.3, 0.4) is 0 Å². The van der Waals surface area contributed by atoms with Gasteiger partial charge in [0.2, 0.25) is 5.91 Å². The van der Waals surface area contributed by atoms with Crippen molar-refractivity contribution in [3.05, 3.63) is 40.4 Å². The van der Waals surface area contributed by atoms with Crippen molar-refractivity contribution < 1.29 is 19.1 Å². The lowest BCUT2D eigenvalue weighted by molar-refractivity contribution is -0.117. The molecule has 7 heteroatoms. The minimum atomic E-state index is -0.441. The lowest BCUT2D eigenvalue weighted by Crippen LogP contribution is -2.14. The zero-order valence-corrected chi connectivity index (χ0v) is 14.5. The fourth-order valence-corrected chi connectivity index (χ4v) is 3.62. The van der Waals surface area contributed by atoms with Crippen LogP contribution in [-0.2, 0) is 9.53 Å². The maximum Gasteiger partial charge on any atom is 0.350 e. The van der Waals surface area contributed by atoms with Gasteiger partial charge in [-0.2, -0.15) is 0 Å². The molecule has 1 fully saturated rings. The Labute approximate surface area is 143 Å². The number of aryl methyl sites for hydroxylation is 1. The molecule has 0 spiro atoms. The molecule has 0 unspecified atom stereocenters. The highest BCUT2D eigenvalue weighted by atomic mass is 32.1. The molecular weight excluding hydrogens is 328 g/mol. The second-order valence-electron chi connectivity index (χ2n) is 5.61. The first-order valence-electron chi connectivity index (χ1n) is 7.54. The van der Waals surface area contributed by atoms with Crippen molar-refractivity contribution in [1.29, 1.82) is 0 Å². The van der Waals surface area contributed by atoms with E-state index in [0.717, 1.165) is 29.1 Å². The van der Waals surface area contributed by atoms with E-state index in [4.69, 9.17) is 9.47 Å². The number of carbonyl (C=O) groups excluding carboxylic acids is 2. The number of carbonyl (C=O) groups is 2. The molecule has 1 heterocycles. The maximum atomic E-state index is 12.4. The second-order valence-corrected chi connectivity index (χ2v) is 6.60. The Hall–Kier alpha value is -2.41. The van der Waals surface area contributed by atoms with Crippen LogP contribution < -0.4 is 10.1 Å². The van der Waals surface area contributed by atoms with E-state index in [9.17, 15) is 9.59 Å². The van der Waals surface area contributed by atoms with Crippen LogP contribution in [0.25, 0.3) is 0 Å². The fraction of sp³-hybridized carbons (Fsp3) is 0.353.